The third-order valence-electron chi connectivity index (χ3n) is 6.97. The Balaban J connectivity index is 1.71. The summed E-state index contributed by atoms with van der Waals surface area (Å²) in [6.45, 7) is 0. The van der Waals surface area contributed by atoms with Gasteiger partial charge in [0.25, 0.3) is 0 Å². The van der Waals surface area contributed by atoms with E-state index in [0.29, 0.717) is 0 Å². The molecule has 1 heterocycles. The first-order valence-corrected chi connectivity index (χ1v) is 12.4. The van der Waals surface area contributed by atoms with Gasteiger partial charge in [-0.1, -0.05) is 109 Å². The van der Waals surface area contributed by atoms with E-state index < -0.39 is 5.54 Å². The fraction of sp³-hybridized carbons (Fsp3) is 0.0606. The first-order valence-electron chi connectivity index (χ1n) is 12.4. The van der Waals surface area contributed by atoms with Gasteiger partial charge in [0.05, 0.1) is 5.52 Å². The molecule has 37 heavy (non-hydrogen) atoms. The van der Waals surface area contributed by atoms with Gasteiger partial charge in [-0.2, -0.15) is 5.10 Å². The Hall–Kier alpha value is -4.70. The lowest BCUT2D eigenvalue weighted by Gasteiger charge is -2.37. The van der Waals surface area contributed by atoms with Crippen LogP contribution in [0.25, 0.3) is 22.0 Å². The highest BCUT2D eigenvalue weighted by atomic mass is 19.1. The molecule has 0 atom stereocenters. The number of nitrogens with zero attached hydrogens (tertiary/aromatic N) is 2. The smallest absolute Gasteiger partial charge is 0.155 e. The van der Waals surface area contributed by atoms with Crippen LogP contribution in [0.2, 0.25) is 0 Å². The van der Waals surface area contributed by atoms with Gasteiger partial charge >= 0.3 is 0 Å². The molecule has 1 aromatic heterocycles. The molecule has 0 aliphatic heterocycles. The van der Waals surface area contributed by atoms with E-state index >= 15 is 0 Å². The highest BCUT2D eigenvalue weighted by molar-refractivity contribution is 5.94. The van der Waals surface area contributed by atoms with Gasteiger partial charge in [0.1, 0.15) is 11.4 Å². The van der Waals surface area contributed by atoms with Crippen molar-refractivity contribution in [2.24, 2.45) is 0 Å². The predicted octanol–water partition coefficient (Wildman–Crippen LogP) is 7.72. The second kappa shape index (κ2) is 9.40. The monoisotopic (exact) mass is 483 g/mol. The van der Waals surface area contributed by atoms with Crippen LogP contribution in [-0.4, -0.2) is 16.8 Å². The molecule has 0 saturated heterocycles. The second-order valence-electron chi connectivity index (χ2n) is 9.06. The summed E-state index contributed by atoms with van der Waals surface area (Å²) in [5, 5.41) is 9.46. The Bertz CT molecular complexity index is 1560. The van der Waals surface area contributed by atoms with Crippen molar-refractivity contribution < 1.29 is 4.39 Å². The zero-order chi connectivity index (χ0) is 25.2. The number of anilines is 1. The van der Waals surface area contributed by atoms with E-state index in [9.17, 15) is 4.39 Å². The summed E-state index contributed by atoms with van der Waals surface area (Å²) in [5.74, 6) is 0.513. The zero-order valence-electron chi connectivity index (χ0n) is 20.5. The topological polar surface area (TPSA) is 29.9 Å². The molecule has 0 aliphatic rings. The third-order valence-corrected chi connectivity index (χ3v) is 6.97. The third kappa shape index (κ3) is 3.78. The van der Waals surface area contributed by atoms with Crippen LogP contribution in [0.4, 0.5) is 10.2 Å². The molecule has 0 radical (unpaired) electrons. The van der Waals surface area contributed by atoms with Gasteiger partial charge in [0.15, 0.2) is 5.82 Å². The van der Waals surface area contributed by atoms with Crippen LogP contribution < -0.4 is 5.32 Å². The fourth-order valence-corrected chi connectivity index (χ4v) is 5.31. The van der Waals surface area contributed by atoms with Crippen molar-refractivity contribution in [1.29, 1.82) is 0 Å². The summed E-state index contributed by atoms with van der Waals surface area (Å²) < 4.78 is 16.1. The first-order chi connectivity index (χ1) is 18.2. The second-order valence-corrected chi connectivity index (χ2v) is 9.06. The Morgan fingerprint density at radius 3 is 1.68 bits per heavy atom. The minimum absolute atomic E-state index is 0.251. The SMILES string of the molecule is CNc1nn(C(c2ccccc2)(c2ccccc2)c2ccccc2)c2ccc(-c3cccc(F)c3)cc12. The van der Waals surface area contributed by atoms with Gasteiger partial charge < -0.3 is 5.32 Å². The summed E-state index contributed by atoms with van der Waals surface area (Å²) in [5.41, 5.74) is 5.33. The summed E-state index contributed by atoms with van der Waals surface area (Å²) >= 11 is 0. The molecule has 0 fully saturated rings. The fourth-order valence-electron chi connectivity index (χ4n) is 5.31. The Morgan fingerprint density at radius 1 is 0.622 bits per heavy atom. The highest BCUT2D eigenvalue weighted by Gasteiger charge is 2.40. The summed E-state index contributed by atoms with van der Waals surface area (Å²) in [6.07, 6.45) is 0. The minimum Gasteiger partial charge on any atom is -0.371 e. The van der Waals surface area contributed by atoms with Gasteiger partial charge in [-0.3, -0.25) is 0 Å². The minimum atomic E-state index is -0.725. The average Bonchev–Trinajstić information content (AvgIpc) is 3.33. The van der Waals surface area contributed by atoms with Crippen molar-refractivity contribution in [2.75, 3.05) is 12.4 Å². The van der Waals surface area contributed by atoms with Crippen LogP contribution in [0.15, 0.2) is 133 Å². The van der Waals surface area contributed by atoms with Crippen LogP contribution in [-0.2, 0) is 5.54 Å². The number of benzene rings is 5. The molecule has 0 aliphatic carbocycles. The van der Waals surface area contributed by atoms with E-state index in [2.05, 4.69) is 94.9 Å². The van der Waals surface area contributed by atoms with Crippen molar-refractivity contribution in [3.8, 4) is 11.1 Å². The maximum absolute atomic E-state index is 14.0. The van der Waals surface area contributed by atoms with E-state index in [1.54, 1.807) is 12.1 Å². The Morgan fingerprint density at radius 2 is 1.16 bits per heavy atom. The molecule has 0 unspecified atom stereocenters. The number of rotatable bonds is 6. The lowest BCUT2D eigenvalue weighted by molar-refractivity contribution is 0.477. The molecule has 6 rings (SSSR count). The lowest BCUT2D eigenvalue weighted by Crippen LogP contribution is -2.38. The first kappa shape index (κ1) is 22.7. The van der Waals surface area contributed by atoms with Crippen molar-refractivity contribution in [2.45, 2.75) is 5.54 Å². The van der Waals surface area contributed by atoms with Gasteiger partial charge in [-0.15, -0.1) is 0 Å². The van der Waals surface area contributed by atoms with E-state index in [1.165, 1.54) is 6.07 Å². The molecule has 180 valence electrons. The number of hydrogen-bond donors (Lipinski definition) is 1. The predicted molar refractivity (Wildman–Crippen MR) is 149 cm³/mol. The summed E-state index contributed by atoms with van der Waals surface area (Å²) in [6, 6.07) is 44.4. The molecule has 6 aromatic rings. The lowest BCUT2D eigenvalue weighted by atomic mass is 9.77. The molecule has 5 aromatic carbocycles. The van der Waals surface area contributed by atoms with Gasteiger partial charge in [0, 0.05) is 12.4 Å². The van der Waals surface area contributed by atoms with Gasteiger partial charge in [0.2, 0.25) is 0 Å². The van der Waals surface area contributed by atoms with Crippen molar-refractivity contribution >= 4 is 16.7 Å². The van der Waals surface area contributed by atoms with E-state index in [1.807, 2.05) is 37.4 Å². The summed E-state index contributed by atoms with van der Waals surface area (Å²) in [7, 11) is 1.89. The van der Waals surface area contributed by atoms with Crippen molar-refractivity contribution in [3.63, 3.8) is 0 Å². The van der Waals surface area contributed by atoms with Crippen molar-refractivity contribution in [1.82, 2.24) is 9.78 Å². The number of aromatic nitrogens is 2. The van der Waals surface area contributed by atoms with E-state index in [0.717, 1.165) is 44.5 Å². The van der Waals surface area contributed by atoms with Crippen LogP contribution in [0.1, 0.15) is 16.7 Å². The Labute approximate surface area is 215 Å². The molecule has 0 bridgehead atoms. The molecule has 0 spiro atoms. The standard InChI is InChI=1S/C33H26FN3/c1-35-32-30-23-25(24-12-11-19-29(34)22-24)20-21-31(30)37(36-32)33(26-13-5-2-6-14-26,27-15-7-3-8-16-27)28-17-9-4-10-18-28/h2-23H,1H3,(H,35,36). The largest absolute Gasteiger partial charge is 0.371 e. The normalized spacial score (nSPS) is 11.5. The molecule has 3 nitrogen and oxygen atoms in total. The quantitative estimate of drug-likeness (QED) is 0.246. The molecule has 1 N–H and O–H groups in total. The maximum Gasteiger partial charge on any atom is 0.155 e. The summed E-state index contributed by atoms with van der Waals surface area (Å²) in [4.78, 5) is 0. The molecule has 0 amide bonds. The van der Waals surface area contributed by atoms with E-state index in [4.69, 9.17) is 5.10 Å². The number of nitrogens with one attached hydrogen (secondary N) is 1. The number of fused-ring (bicyclic) bond motifs is 1. The van der Waals surface area contributed by atoms with Crippen molar-refractivity contribution in [3.05, 3.63) is 156 Å². The van der Waals surface area contributed by atoms with E-state index in [-0.39, 0.29) is 5.82 Å². The molecule has 0 saturated carbocycles. The molecular weight excluding hydrogens is 457 g/mol. The van der Waals surface area contributed by atoms with Gasteiger partial charge in [-0.25, -0.2) is 9.07 Å². The Kier molecular flexibility index (Phi) is 5.78. The maximum atomic E-state index is 14.0. The van der Waals surface area contributed by atoms with Gasteiger partial charge in [-0.05, 0) is 52.1 Å². The van der Waals surface area contributed by atoms with Crippen LogP contribution in [0, 0.1) is 5.82 Å². The molecule has 4 heteroatoms. The number of halogens is 1. The van der Waals surface area contributed by atoms with Crippen LogP contribution in [0.5, 0.6) is 0 Å². The number of hydrogen-bond acceptors (Lipinski definition) is 2. The van der Waals surface area contributed by atoms with Crippen LogP contribution >= 0.6 is 0 Å². The molecular formula is C33H26FN3. The highest BCUT2D eigenvalue weighted by Crippen LogP contribution is 2.43. The zero-order valence-corrected chi connectivity index (χ0v) is 20.5. The van der Waals surface area contributed by atoms with Crippen LogP contribution in [0.3, 0.4) is 0 Å². The average molecular weight is 484 g/mol.